The van der Waals surface area contributed by atoms with Crippen molar-refractivity contribution in [3.8, 4) is 0 Å². The van der Waals surface area contributed by atoms with E-state index in [0.717, 1.165) is 24.2 Å². The van der Waals surface area contributed by atoms with Gasteiger partial charge < -0.3 is 4.74 Å². The van der Waals surface area contributed by atoms with Crippen LogP contribution in [0.5, 0.6) is 0 Å². The number of carbonyl (C=O) groups excluding carboxylic acids is 1. The first-order valence-electron chi connectivity index (χ1n) is 7.13. The molecule has 0 radical (unpaired) electrons. The second kappa shape index (κ2) is 8.32. The van der Waals surface area contributed by atoms with Gasteiger partial charge in [-0.05, 0) is 18.9 Å². The number of rotatable bonds is 9. The molecule has 1 aliphatic heterocycles. The molecule has 0 saturated heterocycles. The maximum atomic E-state index is 11.0. The summed E-state index contributed by atoms with van der Waals surface area (Å²) in [6.45, 7) is 4.25. The van der Waals surface area contributed by atoms with Crippen LogP contribution in [0.25, 0.3) is 0 Å². The Balaban J connectivity index is 1.94. The molecule has 17 heavy (non-hydrogen) atoms. The molecule has 0 unspecified atom stereocenters. The van der Waals surface area contributed by atoms with Gasteiger partial charge in [0.1, 0.15) is 5.76 Å². The molecule has 1 aliphatic rings. The van der Waals surface area contributed by atoms with E-state index < -0.39 is 0 Å². The lowest BCUT2D eigenvalue weighted by Crippen LogP contribution is -1.93. The summed E-state index contributed by atoms with van der Waals surface area (Å²) in [5, 5.41) is 0. The van der Waals surface area contributed by atoms with Crippen molar-refractivity contribution < 1.29 is 9.53 Å². The molecule has 0 fully saturated rings. The number of esters is 1. The van der Waals surface area contributed by atoms with E-state index in [2.05, 4.69) is 6.92 Å². The third-order valence-electron chi connectivity index (χ3n) is 3.38. The average molecular weight is 238 g/mol. The van der Waals surface area contributed by atoms with E-state index in [9.17, 15) is 4.79 Å². The molecule has 2 heteroatoms. The Bertz CT molecular complexity index is 266. The summed E-state index contributed by atoms with van der Waals surface area (Å²) in [6, 6.07) is 0. The lowest BCUT2D eigenvalue weighted by molar-refractivity contribution is -0.136. The zero-order valence-electron chi connectivity index (χ0n) is 11.4. The summed E-state index contributed by atoms with van der Waals surface area (Å²) in [5.74, 6) is 0.873. The van der Waals surface area contributed by atoms with Gasteiger partial charge in [-0.2, -0.15) is 0 Å². The van der Waals surface area contributed by atoms with E-state index in [1.54, 1.807) is 0 Å². The number of allylic oxidation sites excluding steroid dienone is 1. The Hall–Kier alpha value is -0.790. The Kier molecular flexibility index (Phi) is 6.99. The standard InChI is InChI=1S/C15H26O2/c1-3-4-5-6-7-8-9-10-11-14-13(2)12-15(16)17-14/h3-12H2,1-2H3. The molecular weight excluding hydrogens is 212 g/mol. The summed E-state index contributed by atoms with van der Waals surface area (Å²) in [7, 11) is 0. The summed E-state index contributed by atoms with van der Waals surface area (Å²) < 4.78 is 5.17. The monoisotopic (exact) mass is 238 g/mol. The van der Waals surface area contributed by atoms with Crippen LogP contribution < -0.4 is 0 Å². The van der Waals surface area contributed by atoms with Crippen molar-refractivity contribution in [2.75, 3.05) is 0 Å². The molecule has 0 saturated carbocycles. The number of hydrogen-bond acceptors (Lipinski definition) is 2. The number of unbranched alkanes of at least 4 members (excludes halogenated alkanes) is 7. The third-order valence-corrected chi connectivity index (χ3v) is 3.38. The van der Waals surface area contributed by atoms with E-state index >= 15 is 0 Å². The molecule has 0 aromatic carbocycles. The van der Waals surface area contributed by atoms with Crippen LogP contribution in [0, 0.1) is 0 Å². The predicted octanol–water partition coefficient (Wildman–Crippen LogP) is 4.74. The number of cyclic esters (lactones) is 1. The Morgan fingerprint density at radius 1 is 1.00 bits per heavy atom. The maximum Gasteiger partial charge on any atom is 0.315 e. The van der Waals surface area contributed by atoms with Gasteiger partial charge in [0.25, 0.3) is 0 Å². The Morgan fingerprint density at radius 3 is 2.12 bits per heavy atom. The molecule has 0 aliphatic carbocycles. The highest BCUT2D eigenvalue weighted by atomic mass is 16.5. The number of carbonyl (C=O) groups is 1. The molecule has 1 heterocycles. The van der Waals surface area contributed by atoms with Crippen LogP contribution in [-0.2, 0) is 9.53 Å². The molecule has 1 rings (SSSR count). The first kappa shape index (κ1) is 14.3. The fourth-order valence-electron chi connectivity index (χ4n) is 2.26. The van der Waals surface area contributed by atoms with Crippen LogP contribution in [-0.4, -0.2) is 5.97 Å². The van der Waals surface area contributed by atoms with E-state index in [1.165, 1.54) is 44.9 Å². The normalized spacial score (nSPS) is 15.5. The zero-order chi connectivity index (χ0) is 12.5. The summed E-state index contributed by atoms with van der Waals surface area (Å²) in [6.07, 6.45) is 12.0. The van der Waals surface area contributed by atoms with Gasteiger partial charge in [0, 0.05) is 6.42 Å². The van der Waals surface area contributed by atoms with Crippen molar-refractivity contribution in [2.24, 2.45) is 0 Å². The van der Waals surface area contributed by atoms with Crippen LogP contribution in [0.15, 0.2) is 11.3 Å². The second-order valence-corrected chi connectivity index (χ2v) is 5.08. The molecule has 0 N–H and O–H groups in total. The highest BCUT2D eigenvalue weighted by Gasteiger charge is 2.19. The van der Waals surface area contributed by atoms with Crippen LogP contribution in [0.1, 0.15) is 78.1 Å². The quantitative estimate of drug-likeness (QED) is 0.428. The summed E-state index contributed by atoms with van der Waals surface area (Å²) >= 11 is 0. The zero-order valence-corrected chi connectivity index (χ0v) is 11.4. The van der Waals surface area contributed by atoms with Gasteiger partial charge >= 0.3 is 5.97 Å². The fraction of sp³-hybridized carbons (Fsp3) is 0.800. The van der Waals surface area contributed by atoms with Crippen LogP contribution >= 0.6 is 0 Å². The van der Waals surface area contributed by atoms with Gasteiger partial charge in [0.05, 0.1) is 6.42 Å². The van der Waals surface area contributed by atoms with Crippen molar-refractivity contribution in [3.63, 3.8) is 0 Å². The SMILES string of the molecule is CCCCCCCCCCC1=C(C)CC(=O)O1. The highest BCUT2D eigenvalue weighted by Crippen LogP contribution is 2.24. The van der Waals surface area contributed by atoms with Gasteiger partial charge in [-0.1, -0.05) is 51.9 Å². The lowest BCUT2D eigenvalue weighted by Gasteiger charge is -2.03. The molecule has 0 amide bonds. The maximum absolute atomic E-state index is 11.0. The third kappa shape index (κ3) is 5.90. The van der Waals surface area contributed by atoms with Gasteiger partial charge in [-0.15, -0.1) is 0 Å². The Morgan fingerprint density at radius 2 is 1.59 bits per heavy atom. The van der Waals surface area contributed by atoms with Crippen molar-refractivity contribution >= 4 is 5.97 Å². The van der Waals surface area contributed by atoms with Gasteiger partial charge in [0.15, 0.2) is 0 Å². The predicted molar refractivity (Wildman–Crippen MR) is 70.6 cm³/mol. The fourth-order valence-corrected chi connectivity index (χ4v) is 2.26. The molecule has 0 bridgehead atoms. The molecule has 0 spiro atoms. The average Bonchev–Trinajstić information content (AvgIpc) is 2.61. The van der Waals surface area contributed by atoms with Crippen molar-refractivity contribution in [1.29, 1.82) is 0 Å². The molecule has 0 aromatic heterocycles. The van der Waals surface area contributed by atoms with Crippen molar-refractivity contribution in [2.45, 2.75) is 78.1 Å². The first-order valence-corrected chi connectivity index (χ1v) is 7.13. The molecule has 2 nitrogen and oxygen atoms in total. The minimum atomic E-state index is -0.0722. The van der Waals surface area contributed by atoms with Gasteiger partial charge in [0.2, 0.25) is 0 Å². The lowest BCUT2D eigenvalue weighted by atomic mass is 10.1. The van der Waals surface area contributed by atoms with Crippen LogP contribution in [0.2, 0.25) is 0 Å². The summed E-state index contributed by atoms with van der Waals surface area (Å²) in [5.41, 5.74) is 1.14. The van der Waals surface area contributed by atoms with E-state index in [0.29, 0.717) is 6.42 Å². The minimum absolute atomic E-state index is 0.0722. The van der Waals surface area contributed by atoms with Crippen molar-refractivity contribution in [3.05, 3.63) is 11.3 Å². The second-order valence-electron chi connectivity index (χ2n) is 5.08. The highest BCUT2D eigenvalue weighted by molar-refractivity contribution is 5.76. The van der Waals surface area contributed by atoms with Gasteiger partial charge in [-0.3, -0.25) is 4.79 Å². The van der Waals surface area contributed by atoms with Crippen molar-refractivity contribution in [1.82, 2.24) is 0 Å². The number of ether oxygens (including phenoxy) is 1. The largest absolute Gasteiger partial charge is 0.431 e. The first-order chi connectivity index (χ1) is 8.24. The molecular formula is C15H26O2. The summed E-state index contributed by atoms with van der Waals surface area (Å²) in [4.78, 5) is 11.0. The molecule has 98 valence electrons. The van der Waals surface area contributed by atoms with E-state index in [4.69, 9.17) is 4.74 Å². The molecule has 0 atom stereocenters. The van der Waals surface area contributed by atoms with Crippen LogP contribution in [0.4, 0.5) is 0 Å². The van der Waals surface area contributed by atoms with Crippen LogP contribution in [0.3, 0.4) is 0 Å². The minimum Gasteiger partial charge on any atom is -0.431 e. The van der Waals surface area contributed by atoms with E-state index in [-0.39, 0.29) is 5.97 Å². The van der Waals surface area contributed by atoms with Gasteiger partial charge in [-0.25, -0.2) is 0 Å². The molecule has 0 aromatic rings. The Labute approximate surface area is 105 Å². The number of hydrogen-bond donors (Lipinski definition) is 0. The topological polar surface area (TPSA) is 26.3 Å². The van der Waals surface area contributed by atoms with E-state index in [1.807, 2.05) is 6.92 Å². The smallest absolute Gasteiger partial charge is 0.315 e.